The standard InChI is InChI=1S/C16H13ClFN3/c17-13-3-1-2-12(8-13)15-9-16(19)21(20-15)10-11-4-6-14(18)7-5-11/h1-9H,10,19H2. The van der Waals surface area contributed by atoms with E-state index in [2.05, 4.69) is 5.10 Å². The molecule has 3 nitrogen and oxygen atoms in total. The molecular formula is C16H13ClFN3. The second-order valence-corrected chi connectivity index (χ2v) is 5.19. The van der Waals surface area contributed by atoms with Gasteiger partial charge in [-0.25, -0.2) is 9.07 Å². The van der Waals surface area contributed by atoms with Gasteiger partial charge in [0.05, 0.1) is 12.2 Å². The second kappa shape index (κ2) is 5.58. The van der Waals surface area contributed by atoms with E-state index in [9.17, 15) is 4.39 Å². The average molecular weight is 302 g/mol. The third-order valence-corrected chi connectivity index (χ3v) is 3.41. The molecule has 0 unspecified atom stereocenters. The number of hydrogen-bond donors (Lipinski definition) is 1. The van der Waals surface area contributed by atoms with Crippen molar-refractivity contribution in [2.75, 3.05) is 5.73 Å². The highest BCUT2D eigenvalue weighted by Crippen LogP contribution is 2.23. The fraction of sp³-hybridized carbons (Fsp3) is 0.0625. The number of nitrogens with zero attached hydrogens (tertiary/aromatic N) is 2. The zero-order valence-corrected chi connectivity index (χ0v) is 11.9. The Balaban J connectivity index is 1.89. The summed E-state index contributed by atoms with van der Waals surface area (Å²) >= 11 is 5.98. The van der Waals surface area contributed by atoms with Crippen LogP contribution in [-0.4, -0.2) is 9.78 Å². The normalized spacial score (nSPS) is 10.8. The number of rotatable bonds is 3. The number of anilines is 1. The lowest BCUT2D eigenvalue weighted by Crippen LogP contribution is -2.05. The number of aromatic nitrogens is 2. The van der Waals surface area contributed by atoms with E-state index in [1.165, 1.54) is 12.1 Å². The minimum Gasteiger partial charge on any atom is -0.384 e. The minimum atomic E-state index is -0.258. The first kappa shape index (κ1) is 13.6. The molecule has 0 aliphatic rings. The van der Waals surface area contributed by atoms with Gasteiger partial charge in [-0.15, -0.1) is 0 Å². The van der Waals surface area contributed by atoms with Crippen molar-refractivity contribution in [1.82, 2.24) is 9.78 Å². The number of hydrogen-bond acceptors (Lipinski definition) is 2. The van der Waals surface area contributed by atoms with Crippen LogP contribution in [0.4, 0.5) is 10.2 Å². The van der Waals surface area contributed by atoms with Gasteiger partial charge in [-0.3, -0.25) is 0 Å². The van der Waals surface area contributed by atoms with Crippen LogP contribution in [0.25, 0.3) is 11.3 Å². The summed E-state index contributed by atoms with van der Waals surface area (Å²) in [7, 11) is 0. The van der Waals surface area contributed by atoms with Gasteiger partial charge in [0.15, 0.2) is 0 Å². The molecule has 5 heteroatoms. The Morgan fingerprint density at radius 2 is 1.86 bits per heavy atom. The van der Waals surface area contributed by atoms with E-state index in [0.29, 0.717) is 17.4 Å². The molecule has 0 fully saturated rings. The Morgan fingerprint density at radius 1 is 1.10 bits per heavy atom. The van der Waals surface area contributed by atoms with Crippen LogP contribution in [0.15, 0.2) is 54.6 Å². The van der Waals surface area contributed by atoms with Crippen LogP contribution >= 0.6 is 11.6 Å². The van der Waals surface area contributed by atoms with Crippen LogP contribution in [0, 0.1) is 5.82 Å². The second-order valence-electron chi connectivity index (χ2n) is 4.75. The van der Waals surface area contributed by atoms with Gasteiger partial charge in [-0.1, -0.05) is 35.9 Å². The Hall–Kier alpha value is -2.33. The molecule has 21 heavy (non-hydrogen) atoms. The van der Waals surface area contributed by atoms with Crippen molar-refractivity contribution in [3.63, 3.8) is 0 Å². The van der Waals surface area contributed by atoms with Crippen LogP contribution in [0.3, 0.4) is 0 Å². The lowest BCUT2D eigenvalue weighted by atomic mass is 10.1. The largest absolute Gasteiger partial charge is 0.384 e. The summed E-state index contributed by atoms with van der Waals surface area (Å²) in [5.41, 5.74) is 8.59. The first-order chi connectivity index (χ1) is 10.1. The van der Waals surface area contributed by atoms with E-state index in [1.54, 1.807) is 22.9 Å². The molecule has 3 aromatic rings. The molecule has 0 saturated carbocycles. The molecule has 0 spiro atoms. The van der Waals surface area contributed by atoms with Gasteiger partial charge in [-0.2, -0.15) is 5.10 Å². The lowest BCUT2D eigenvalue weighted by Gasteiger charge is -2.04. The molecule has 0 bridgehead atoms. The molecule has 0 amide bonds. The molecule has 0 saturated heterocycles. The van der Waals surface area contributed by atoms with Gasteiger partial charge in [0, 0.05) is 16.7 Å². The van der Waals surface area contributed by atoms with Gasteiger partial charge in [-0.05, 0) is 29.8 Å². The summed E-state index contributed by atoms with van der Waals surface area (Å²) < 4.78 is 14.6. The molecule has 3 rings (SSSR count). The summed E-state index contributed by atoms with van der Waals surface area (Å²) in [5, 5.41) is 5.13. The first-order valence-corrected chi connectivity index (χ1v) is 6.83. The molecule has 106 valence electrons. The van der Waals surface area contributed by atoms with Gasteiger partial charge < -0.3 is 5.73 Å². The molecule has 0 aliphatic heterocycles. The van der Waals surface area contributed by atoms with Crippen LogP contribution in [0.5, 0.6) is 0 Å². The summed E-state index contributed by atoms with van der Waals surface area (Å²) in [6.07, 6.45) is 0. The van der Waals surface area contributed by atoms with E-state index >= 15 is 0 Å². The molecule has 0 atom stereocenters. The Kier molecular flexibility index (Phi) is 3.62. The quantitative estimate of drug-likeness (QED) is 0.795. The summed E-state index contributed by atoms with van der Waals surface area (Å²) in [6, 6.07) is 15.5. The Bertz CT molecular complexity index is 765. The molecular weight excluding hydrogens is 289 g/mol. The Morgan fingerprint density at radius 3 is 2.57 bits per heavy atom. The van der Waals surface area contributed by atoms with Crippen LogP contribution in [-0.2, 0) is 6.54 Å². The monoisotopic (exact) mass is 301 g/mol. The number of halogens is 2. The van der Waals surface area contributed by atoms with Crippen LogP contribution in [0.2, 0.25) is 5.02 Å². The van der Waals surface area contributed by atoms with Crippen LogP contribution < -0.4 is 5.73 Å². The topological polar surface area (TPSA) is 43.8 Å². The molecule has 1 aromatic heterocycles. The highest BCUT2D eigenvalue weighted by atomic mass is 35.5. The highest BCUT2D eigenvalue weighted by molar-refractivity contribution is 6.30. The third kappa shape index (κ3) is 3.06. The zero-order valence-electron chi connectivity index (χ0n) is 11.1. The molecule has 0 aliphatic carbocycles. The highest BCUT2D eigenvalue weighted by Gasteiger charge is 2.08. The molecule has 2 aromatic carbocycles. The number of benzene rings is 2. The van der Waals surface area contributed by atoms with Crippen molar-refractivity contribution in [1.29, 1.82) is 0 Å². The van der Waals surface area contributed by atoms with Gasteiger partial charge in [0.1, 0.15) is 11.6 Å². The van der Waals surface area contributed by atoms with E-state index in [-0.39, 0.29) is 5.82 Å². The number of nitrogens with two attached hydrogens (primary N) is 1. The maximum Gasteiger partial charge on any atom is 0.123 e. The van der Waals surface area contributed by atoms with Crippen molar-refractivity contribution in [2.24, 2.45) is 0 Å². The van der Waals surface area contributed by atoms with Crippen molar-refractivity contribution in [2.45, 2.75) is 6.54 Å². The van der Waals surface area contributed by atoms with E-state index < -0.39 is 0 Å². The maximum absolute atomic E-state index is 12.9. The van der Waals surface area contributed by atoms with Crippen molar-refractivity contribution in [3.8, 4) is 11.3 Å². The van der Waals surface area contributed by atoms with E-state index in [4.69, 9.17) is 17.3 Å². The maximum atomic E-state index is 12.9. The zero-order chi connectivity index (χ0) is 14.8. The average Bonchev–Trinajstić information content (AvgIpc) is 2.83. The van der Waals surface area contributed by atoms with Crippen LogP contribution in [0.1, 0.15) is 5.56 Å². The summed E-state index contributed by atoms with van der Waals surface area (Å²) in [5.74, 6) is 0.293. The fourth-order valence-corrected chi connectivity index (χ4v) is 2.30. The first-order valence-electron chi connectivity index (χ1n) is 6.45. The van der Waals surface area contributed by atoms with Crippen molar-refractivity contribution < 1.29 is 4.39 Å². The predicted octanol–water partition coefficient (Wildman–Crippen LogP) is 3.97. The lowest BCUT2D eigenvalue weighted by molar-refractivity contribution is 0.625. The predicted molar refractivity (Wildman–Crippen MR) is 82.6 cm³/mol. The van der Waals surface area contributed by atoms with Gasteiger partial charge in [0.25, 0.3) is 0 Å². The smallest absolute Gasteiger partial charge is 0.123 e. The number of nitrogen functional groups attached to an aromatic ring is 1. The van der Waals surface area contributed by atoms with E-state index in [1.807, 2.05) is 24.3 Å². The summed E-state index contributed by atoms with van der Waals surface area (Å²) in [4.78, 5) is 0. The third-order valence-electron chi connectivity index (χ3n) is 3.18. The minimum absolute atomic E-state index is 0.258. The molecule has 1 heterocycles. The fourth-order valence-electron chi connectivity index (χ4n) is 2.11. The molecule has 0 radical (unpaired) electrons. The Labute approximate surface area is 126 Å². The van der Waals surface area contributed by atoms with Crippen molar-refractivity contribution >= 4 is 17.4 Å². The SMILES string of the molecule is Nc1cc(-c2cccc(Cl)c2)nn1Cc1ccc(F)cc1. The van der Waals surface area contributed by atoms with Gasteiger partial charge >= 0.3 is 0 Å². The van der Waals surface area contributed by atoms with Gasteiger partial charge in [0.2, 0.25) is 0 Å². The summed E-state index contributed by atoms with van der Waals surface area (Å²) in [6.45, 7) is 0.493. The van der Waals surface area contributed by atoms with E-state index in [0.717, 1.165) is 16.8 Å². The van der Waals surface area contributed by atoms with Crippen molar-refractivity contribution in [3.05, 3.63) is 71.0 Å². The molecule has 2 N–H and O–H groups in total.